The zero-order chi connectivity index (χ0) is 22.2. The van der Waals surface area contributed by atoms with E-state index in [1.54, 1.807) is 12.4 Å². The third-order valence-corrected chi connectivity index (χ3v) is 6.36. The highest BCUT2D eigenvalue weighted by molar-refractivity contribution is 5.96. The normalized spacial score (nSPS) is 14.7. The van der Waals surface area contributed by atoms with Crippen LogP contribution in [0.2, 0.25) is 0 Å². The molecule has 1 amide bonds. The molecule has 8 nitrogen and oxygen atoms in total. The Morgan fingerprint density at radius 3 is 2.82 bits per heavy atom. The molecule has 0 aliphatic heterocycles. The number of hydrogen-bond acceptors (Lipinski definition) is 5. The minimum Gasteiger partial charge on any atom is -0.324 e. The van der Waals surface area contributed by atoms with E-state index in [-0.39, 0.29) is 11.8 Å². The number of nitrogens with one attached hydrogen (secondary N) is 3. The Hall–Kier alpha value is -4.07. The van der Waals surface area contributed by atoms with Gasteiger partial charge in [-0.3, -0.25) is 14.9 Å². The lowest BCUT2D eigenvalue weighted by molar-refractivity contribution is -0.120. The van der Waals surface area contributed by atoms with Crippen LogP contribution in [-0.2, 0) is 4.79 Å². The second kappa shape index (κ2) is 8.12. The first kappa shape index (κ1) is 19.6. The lowest BCUT2D eigenvalue weighted by Crippen LogP contribution is -2.24. The van der Waals surface area contributed by atoms with Crippen LogP contribution in [-0.4, -0.2) is 36.0 Å². The first-order chi connectivity index (χ1) is 16.2. The molecule has 0 atom stereocenters. The molecule has 164 valence electrons. The maximum absolute atomic E-state index is 12.7. The Labute approximate surface area is 189 Å². The third kappa shape index (κ3) is 3.73. The molecule has 1 aliphatic rings. The first-order valence-electron chi connectivity index (χ1n) is 11.3. The fraction of sp³-hybridized carbons (Fsp3) is 0.240. The molecule has 5 aromatic rings. The highest BCUT2D eigenvalue weighted by Crippen LogP contribution is 2.31. The molecule has 1 aliphatic carbocycles. The number of hydrogen-bond donors (Lipinski definition) is 3. The summed E-state index contributed by atoms with van der Waals surface area (Å²) in [5, 5.41) is 11.6. The molecule has 0 spiro atoms. The number of pyridine rings is 2. The predicted octanol–water partition coefficient (Wildman–Crippen LogP) is 5.08. The molecule has 0 bridgehead atoms. The van der Waals surface area contributed by atoms with Crippen LogP contribution in [0.15, 0.2) is 55.0 Å². The first-order valence-corrected chi connectivity index (χ1v) is 11.3. The van der Waals surface area contributed by atoms with Crippen molar-refractivity contribution in [2.75, 3.05) is 5.32 Å². The average Bonchev–Trinajstić information content (AvgIpc) is 3.48. The number of benzene rings is 1. The van der Waals surface area contributed by atoms with E-state index in [2.05, 4.69) is 41.5 Å². The molecule has 6 rings (SSSR count). The second-order valence-corrected chi connectivity index (χ2v) is 8.58. The summed E-state index contributed by atoms with van der Waals surface area (Å²) in [6.07, 6.45) is 10.7. The van der Waals surface area contributed by atoms with E-state index in [0.717, 1.165) is 70.3 Å². The van der Waals surface area contributed by atoms with Crippen molar-refractivity contribution in [2.45, 2.75) is 32.1 Å². The van der Waals surface area contributed by atoms with Gasteiger partial charge in [0, 0.05) is 29.3 Å². The zero-order valence-electron chi connectivity index (χ0n) is 18.0. The van der Waals surface area contributed by atoms with Gasteiger partial charge < -0.3 is 10.3 Å². The Morgan fingerprint density at radius 2 is 1.94 bits per heavy atom. The van der Waals surface area contributed by atoms with Gasteiger partial charge in [-0.05, 0) is 48.7 Å². The Morgan fingerprint density at radius 1 is 1.03 bits per heavy atom. The average molecular weight is 438 g/mol. The van der Waals surface area contributed by atoms with Crippen LogP contribution in [0.4, 0.5) is 5.69 Å². The van der Waals surface area contributed by atoms with Crippen LogP contribution in [0.25, 0.3) is 44.7 Å². The number of imidazole rings is 1. The van der Waals surface area contributed by atoms with E-state index < -0.39 is 0 Å². The van der Waals surface area contributed by atoms with Crippen LogP contribution in [0.3, 0.4) is 0 Å². The standard InChI is InChI=1S/C25H23N7O/c33-25(15-5-2-1-3-6-15)28-18-11-17(13-26-14-18)16-8-9-20-19(12-16)22(32-31-20)24-29-21-7-4-10-27-23(21)30-24/h4,7-15H,1-3,5-6H2,(H,28,33)(H,31,32)(H,27,29,30). The number of fused-ring (bicyclic) bond motifs is 2. The largest absolute Gasteiger partial charge is 0.324 e. The van der Waals surface area contributed by atoms with Crippen LogP contribution in [0.5, 0.6) is 0 Å². The van der Waals surface area contributed by atoms with Crippen molar-refractivity contribution in [3.8, 4) is 22.6 Å². The highest BCUT2D eigenvalue weighted by Gasteiger charge is 2.21. The monoisotopic (exact) mass is 437 g/mol. The smallest absolute Gasteiger partial charge is 0.227 e. The summed E-state index contributed by atoms with van der Waals surface area (Å²) in [4.78, 5) is 29.2. The summed E-state index contributed by atoms with van der Waals surface area (Å²) < 4.78 is 0. The van der Waals surface area contributed by atoms with Crippen molar-refractivity contribution in [1.29, 1.82) is 0 Å². The van der Waals surface area contributed by atoms with E-state index in [4.69, 9.17) is 0 Å². The molecular formula is C25H23N7O. The lowest BCUT2D eigenvalue weighted by atomic mass is 9.88. The zero-order valence-corrected chi connectivity index (χ0v) is 18.0. The number of H-pyrrole nitrogens is 2. The number of carbonyl (C=O) groups is 1. The molecule has 1 fully saturated rings. The van der Waals surface area contributed by atoms with Gasteiger partial charge in [0.05, 0.1) is 17.4 Å². The predicted molar refractivity (Wildman–Crippen MR) is 127 cm³/mol. The van der Waals surface area contributed by atoms with Gasteiger partial charge in [0.15, 0.2) is 11.5 Å². The summed E-state index contributed by atoms with van der Waals surface area (Å²) in [6.45, 7) is 0. The summed E-state index contributed by atoms with van der Waals surface area (Å²) in [5.41, 5.74) is 5.81. The minimum atomic E-state index is 0.0970. The minimum absolute atomic E-state index is 0.0970. The van der Waals surface area contributed by atoms with E-state index in [9.17, 15) is 4.79 Å². The molecule has 0 radical (unpaired) electrons. The third-order valence-electron chi connectivity index (χ3n) is 6.36. The maximum Gasteiger partial charge on any atom is 0.227 e. The summed E-state index contributed by atoms with van der Waals surface area (Å²) in [6, 6.07) is 11.8. The van der Waals surface area contributed by atoms with E-state index in [1.165, 1.54) is 6.42 Å². The molecule has 4 aromatic heterocycles. The SMILES string of the molecule is O=C(Nc1cncc(-c2ccc3[nH]nc(-c4nc5cccnc5[nH]4)c3c2)c1)C1CCCCC1. The second-order valence-electron chi connectivity index (χ2n) is 8.58. The Bertz CT molecular complexity index is 1430. The van der Waals surface area contributed by atoms with Crippen molar-refractivity contribution >= 4 is 33.7 Å². The number of aromatic nitrogens is 6. The topological polar surface area (TPSA) is 112 Å². The molecule has 0 saturated heterocycles. The molecule has 3 N–H and O–H groups in total. The van der Waals surface area contributed by atoms with Crippen molar-refractivity contribution in [2.24, 2.45) is 5.92 Å². The summed E-state index contributed by atoms with van der Waals surface area (Å²) >= 11 is 0. The number of amides is 1. The fourth-order valence-corrected chi connectivity index (χ4v) is 4.61. The number of nitrogens with zero attached hydrogens (tertiary/aromatic N) is 4. The molecule has 8 heteroatoms. The molecule has 4 heterocycles. The van der Waals surface area contributed by atoms with E-state index in [1.807, 2.05) is 36.5 Å². The quantitative estimate of drug-likeness (QED) is 0.363. The fourth-order valence-electron chi connectivity index (χ4n) is 4.61. The van der Waals surface area contributed by atoms with Gasteiger partial charge in [-0.1, -0.05) is 25.3 Å². The van der Waals surface area contributed by atoms with E-state index >= 15 is 0 Å². The van der Waals surface area contributed by atoms with Gasteiger partial charge in [0.2, 0.25) is 5.91 Å². The number of anilines is 1. The van der Waals surface area contributed by atoms with Crippen LogP contribution < -0.4 is 5.32 Å². The Balaban J connectivity index is 1.32. The number of rotatable bonds is 4. The molecule has 1 aromatic carbocycles. The summed E-state index contributed by atoms with van der Waals surface area (Å²) in [7, 11) is 0. The molecular weight excluding hydrogens is 414 g/mol. The lowest BCUT2D eigenvalue weighted by Gasteiger charge is -2.20. The molecule has 33 heavy (non-hydrogen) atoms. The van der Waals surface area contributed by atoms with Crippen molar-refractivity contribution in [3.05, 3.63) is 55.0 Å². The molecule has 0 unspecified atom stereocenters. The Kier molecular flexibility index (Phi) is 4.83. The van der Waals surface area contributed by atoms with Gasteiger partial charge >= 0.3 is 0 Å². The maximum atomic E-state index is 12.7. The van der Waals surface area contributed by atoms with E-state index in [0.29, 0.717) is 5.82 Å². The highest BCUT2D eigenvalue weighted by atomic mass is 16.1. The van der Waals surface area contributed by atoms with Crippen molar-refractivity contribution in [1.82, 2.24) is 30.1 Å². The number of aromatic amines is 2. The molecule has 1 saturated carbocycles. The van der Waals surface area contributed by atoms with Crippen molar-refractivity contribution in [3.63, 3.8) is 0 Å². The van der Waals surface area contributed by atoms with Crippen LogP contribution in [0.1, 0.15) is 32.1 Å². The van der Waals surface area contributed by atoms with Gasteiger partial charge in [-0.25, -0.2) is 9.97 Å². The van der Waals surface area contributed by atoms with Crippen LogP contribution >= 0.6 is 0 Å². The number of carbonyl (C=O) groups excluding carboxylic acids is 1. The van der Waals surface area contributed by atoms with Gasteiger partial charge in [-0.2, -0.15) is 5.10 Å². The van der Waals surface area contributed by atoms with Crippen molar-refractivity contribution < 1.29 is 4.79 Å². The van der Waals surface area contributed by atoms with Gasteiger partial charge in [0.25, 0.3) is 0 Å². The summed E-state index contributed by atoms with van der Waals surface area (Å²) in [5.74, 6) is 0.865. The van der Waals surface area contributed by atoms with Gasteiger partial charge in [-0.15, -0.1) is 0 Å². The van der Waals surface area contributed by atoms with Gasteiger partial charge in [0.1, 0.15) is 11.2 Å². The van der Waals surface area contributed by atoms with Crippen LogP contribution in [0, 0.1) is 5.92 Å².